The van der Waals surface area contributed by atoms with Crippen molar-refractivity contribution in [3.8, 4) is 11.1 Å². The van der Waals surface area contributed by atoms with Gasteiger partial charge in [-0.3, -0.25) is 14.6 Å². The number of carbonyl (C=O) groups is 2. The van der Waals surface area contributed by atoms with Crippen molar-refractivity contribution in [2.45, 2.75) is 6.54 Å². The molecule has 1 aromatic heterocycles. The van der Waals surface area contributed by atoms with Gasteiger partial charge in [-0.05, 0) is 41.0 Å². The molecule has 0 spiro atoms. The number of pyridine rings is 1. The van der Waals surface area contributed by atoms with E-state index in [1.807, 2.05) is 42.5 Å². The second kappa shape index (κ2) is 5.74. The Hall–Kier alpha value is -3.27. The van der Waals surface area contributed by atoms with Crippen LogP contribution in [0.15, 0.2) is 67.0 Å². The highest BCUT2D eigenvalue weighted by atomic mass is 16.1. The Morgan fingerprint density at radius 3 is 2.38 bits per heavy atom. The molecule has 116 valence electrons. The van der Waals surface area contributed by atoms with Gasteiger partial charge in [0, 0.05) is 35.6 Å². The number of nitrogens with one attached hydrogen (secondary N) is 1. The van der Waals surface area contributed by atoms with Gasteiger partial charge in [-0.2, -0.15) is 0 Å². The van der Waals surface area contributed by atoms with Crippen LogP contribution in [-0.2, 0) is 6.54 Å². The summed E-state index contributed by atoms with van der Waals surface area (Å²) in [7, 11) is 0. The minimum Gasteiger partial charge on any atom is -0.348 e. The lowest BCUT2D eigenvalue weighted by atomic mass is 10.0. The van der Waals surface area contributed by atoms with Crippen LogP contribution in [-0.4, -0.2) is 16.7 Å². The Bertz CT molecular complexity index is 949. The molecule has 3 aromatic rings. The summed E-state index contributed by atoms with van der Waals surface area (Å²) in [5.41, 5.74) is 4.57. The van der Waals surface area contributed by atoms with Crippen molar-refractivity contribution in [3.05, 3.63) is 89.2 Å². The monoisotopic (exact) mass is 314 g/mol. The molecule has 0 saturated carbocycles. The summed E-state index contributed by atoms with van der Waals surface area (Å²) < 4.78 is 0. The van der Waals surface area contributed by atoms with Gasteiger partial charge in [0.1, 0.15) is 0 Å². The van der Waals surface area contributed by atoms with E-state index in [2.05, 4.69) is 10.3 Å². The molecule has 0 aliphatic heterocycles. The van der Waals surface area contributed by atoms with Crippen molar-refractivity contribution >= 4 is 11.7 Å². The van der Waals surface area contributed by atoms with E-state index in [1.54, 1.807) is 24.5 Å². The highest BCUT2D eigenvalue weighted by molar-refractivity contribution is 6.22. The summed E-state index contributed by atoms with van der Waals surface area (Å²) >= 11 is 0. The Kier molecular flexibility index (Phi) is 3.43. The molecular weight excluding hydrogens is 300 g/mol. The molecule has 24 heavy (non-hydrogen) atoms. The minimum absolute atomic E-state index is 0.0237. The molecule has 0 atom stereocenters. The van der Waals surface area contributed by atoms with Crippen LogP contribution in [0.2, 0.25) is 0 Å². The Labute approximate surface area is 139 Å². The molecule has 1 heterocycles. The highest BCUT2D eigenvalue weighted by Gasteiger charge is 2.26. The zero-order valence-corrected chi connectivity index (χ0v) is 12.8. The molecule has 0 unspecified atom stereocenters. The Balaban J connectivity index is 1.58. The summed E-state index contributed by atoms with van der Waals surface area (Å²) in [5.74, 6) is -0.220. The van der Waals surface area contributed by atoms with E-state index in [9.17, 15) is 9.59 Å². The lowest BCUT2D eigenvalue weighted by Gasteiger charge is -2.07. The predicted octanol–water partition coefficient (Wildman–Crippen LogP) is 3.22. The molecule has 4 nitrogen and oxygen atoms in total. The maximum absolute atomic E-state index is 12.5. The number of ketones is 1. The van der Waals surface area contributed by atoms with Crippen LogP contribution < -0.4 is 5.32 Å². The normalized spacial score (nSPS) is 11.8. The van der Waals surface area contributed by atoms with Gasteiger partial charge >= 0.3 is 0 Å². The standard InChI is InChI=1S/C20H14N2O2/c23-19-17-4-2-1-3-15(17)16-6-5-14(11-18(16)19)20(24)22-12-13-7-9-21-10-8-13/h1-11H,12H2,(H,22,24). The fourth-order valence-corrected chi connectivity index (χ4v) is 2.95. The summed E-state index contributed by atoms with van der Waals surface area (Å²) in [5, 5.41) is 2.86. The van der Waals surface area contributed by atoms with Crippen LogP contribution in [0.1, 0.15) is 31.8 Å². The van der Waals surface area contributed by atoms with Gasteiger partial charge in [-0.1, -0.05) is 30.3 Å². The number of hydrogen-bond acceptors (Lipinski definition) is 3. The molecule has 0 saturated heterocycles. The Morgan fingerprint density at radius 2 is 1.58 bits per heavy atom. The van der Waals surface area contributed by atoms with Crippen molar-refractivity contribution in [2.75, 3.05) is 0 Å². The zero-order valence-electron chi connectivity index (χ0n) is 12.8. The van der Waals surface area contributed by atoms with Crippen LogP contribution in [0.3, 0.4) is 0 Å². The molecule has 1 amide bonds. The maximum atomic E-state index is 12.5. The average Bonchev–Trinajstić information content (AvgIpc) is 2.93. The average molecular weight is 314 g/mol. The summed E-state index contributed by atoms with van der Waals surface area (Å²) in [6.45, 7) is 0.423. The van der Waals surface area contributed by atoms with Gasteiger partial charge < -0.3 is 5.32 Å². The van der Waals surface area contributed by atoms with Crippen molar-refractivity contribution in [1.82, 2.24) is 10.3 Å². The second-order valence-corrected chi connectivity index (χ2v) is 5.67. The fraction of sp³-hybridized carbons (Fsp3) is 0.0500. The largest absolute Gasteiger partial charge is 0.348 e. The molecule has 1 N–H and O–H groups in total. The van der Waals surface area contributed by atoms with E-state index < -0.39 is 0 Å². The first kappa shape index (κ1) is 14.3. The first-order valence-corrected chi connectivity index (χ1v) is 7.69. The molecule has 4 rings (SSSR count). The van der Waals surface area contributed by atoms with Crippen LogP contribution in [0, 0.1) is 0 Å². The van der Waals surface area contributed by atoms with E-state index in [-0.39, 0.29) is 11.7 Å². The second-order valence-electron chi connectivity index (χ2n) is 5.67. The van der Waals surface area contributed by atoms with Crippen molar-refractivity contribution in [1.29, 1.82) is 0 Å². The number of nitrogens with zero attached hydrogens (tertiary/aromatic N) is 1. The quantitative estimate of drug-likeness (QED) is 0.631. The van der Waals surface area contributed by atoms with Crippen LogP contribution >= 0.6 is 0 Å². The highest BCUT2D eigenvalue weighted by Crippen LogP contribution is 2.36. The van der Waals surface area contributed by atoms with E-state index >= 15 is 0 Å². The first-order valence-electron chi connectivity index (χ1n) is 7.69. The summed E-state index contributed by atoms with van der Waals surface area (Å²) in [4.78, 5) is 28.8. The van der Waals surface area contributed by atoms with Crippen LogP contribution in [0.5, 0.6) is 0 Å². The molecule has 0 fully saturated rings. The smallest absolute Gasteiger partial charge is 0.251 e. The van der Waals surface area contributed by atoms with Gasteiger partial charge in [-0.15, -0.1) is 0 Å². The topological polar surface area (TPSA) is 59.1 Å². The number of hydrogen-bond donors (Lipinski definition) is 1. The maximum Gasteiger partial charge on any atom is 0.251 e. The summed E-state index contributed by atoms with van der Waals surface area (Å²) in [6.07, 6.45) is 3.37. The molecule has 1 aliphatic carbocycles. The van der Waals surface area contributed by atoms with E-state index in [0.29, 0.717) is 23.2 Å². The lowest BCUT2D eigenvalue weighted by molar-refractivity contribution is 0.0951. The minimum atomic E-state index is -0.196. The first-order chi connectivity index (χ1) is 11.7. The Morgan fingerprint density at radius 1 is 0.875 bits per heavy atom. The predicted molar refractivity (Wildman–Crippen MR) is 90.7 cm³/mol. The summed E-state index contributed by atoms with van der Waals surface area (Å²) in [6, 6.07) is 16.5. The van der Waals surface area contributed by atoms with Gasteiger partial charge in [0.2, 0.25) is 0 Å². The number of amides is 1. The number of carbonyl (C=O) groups excluding carboxylic acids is 2. The fourth-order valence-electron chi connectivity index (χ4n) is 2.95. The van der Waals surface area contributed by atoms with Gasteiger partial charge in [0.05, 0.1) is 0 Å². The number of benzene rings is 2. The van der Waals surface area contributed by atoms with Crippen molar-refractivity contribution in [3.63, 3.8) is 0 Å². The van der Waals surface area contributed by atoms with Crippen LogP contribution in [0.25, 0.3) is 11.1 Å². The molecular formula is C20H14N2O2. The van der Waals surface area contributed by atoms with Gasteiger partial charge in [0.15, 0.2) is 5.78 Å². The SMILES string of the molecule is O=C(NCc1ccncc1)c1ccc2c(c1)C(=O)c1ccccc1-2. The van der Waals surface area contributed by atoms with Crippen LogP contribution in [0.4, 0.5) is 0 Å². The van der Waals surface area contributed by atoms with Gasteiger partial charge in [0.25, 0.3) is 5.91 Å². The van der Waals surface area contributed by atoms with Crippen molar-refractivity contribution < 1.29 is 9.59 Å². The third-order valence-electron chi connectivity index (χ3n) is 4.19. The van der Waals surface area contributed by atoms with E-state index in [4.69, 9.17) is 0 Å². The van der Waals surface area contributed by atoms with Crippen molar-refractivity contribution in [2.24, 2.45) is 0 Å². The molecule has 0 radical (unpaired) electrons. The molecule has 0 bridgehead atoms. The molecule has 1 aliphatic rings. The number of fused-ring (bicyclic) bond motifs is 3. The third kappa shape index (κ3) is 2.38. The van der Waals surface area contributed by atoms with E-state index in [1.165, 1.54) is 0 Å². The third-order valence-corrected chi connectivity index (χ3v) is 4.19. The van der Waals surface area contributed by atoms with E-state index in [0.717, 1.165) is 16.7 Å². The van der Waals surface area contributed by atoms with Gasteiger partial charge in [-0.25, -0.2) is 0 Å². The number of aromatic nitrogens is 1. The zero-order chi connectivity index (χ0) is 16.5. The molecule has 4 heteroatoms. The lowest BCUT2D eigenvalue weighted by Crippen LogP contribution is -2.23. The number of rotatable bonds is 3. The molecule has 2 aromatic carbocycles.